The van der Waals surface area contributed by atoms with E-state index in [-0.39, 0.29) is 13.0 Å². The smallest absolute Gasteiger partial charge is 0.326 e. The normalized spacial score (nSPS) is 24.0. The number of amides is 1. The van der Waals surface area contributed by atoms with Crippen molar-refractivity contribution in [2.24, 2.45) is 0 Å². The van der Waals surface area contributed by atoms with Crippen molar-refractivity contribution in [3.8, 4) is 11.5 Å². The van der Waals surface area contributed by atoms with E-state index >= 15 is 0 Å². The van der Waals surface area contributed by atoms with Crippen molar-refractivity contribution in [2.75, 3.05) is 19.8 Å². The van der Waals surface area contributed by atoms with Crippen LogP contribution in [0.2, 0.25) is 0 Å². The maximum Gasteiger partial charge on any atom is 0.326 e. The van der Waals surface area contributed by atoms with Crippen LogP contribution in [-0.2, 0) is 4.79 Å². The van der Waals surface area contributed by atoms with Crippen LogP contribution >= 0.6 is 0 Å². The molecule has 2 N–H and O–H groups in total. The lowest BCUT2D eigenvalue weighted by atomic mass is 10.1. The van der Waals surface area contributed by atoms with Crippen LogP contribution in [0.1, 0.15) is 16.8 Å². The van der Waals surface area contributed by atoms with Gasteiger partial charge in [-0.25, -0.2) is 4.79 Å². The molecule has 1 aromatic carbocycles. The Bertz CT molecular complexity index is 587. The van der Waals surface area contributed by atoms with Crippen molar-refractivity contribution in [2.45, 2.75) is 18.6 Å². The van der Waals surface area contributed by atoms with Gasteiger partial charge in [-0.05, 0) is 18.2 Å². The number of β-amino-alcohol motifs (C(OH)–C–C–N with tert-alkyl or cyclic N) is 1. The van der Waals surface area contributed by atoms with E-state index in [1.165, 1.54) is 4.90 Å². The second kappa shape index (κ2) is 5.25. The lowest BCUT2D eigenvalue weighted by molar-refractivity contribution is -0.141. The number of aliphatic hydroxyl groups is 1. The zero-order chi connectivity index (χ0) is 15.0. The third-order valence-corrected chi connectivity index (χ3v) is 3.61. The molecule has 0 aromatic heterocycles. The fourth-order valence-electron chi connectivity index (χ4n) is 2.61. The summed E-state index contributed by atoms with van der Waals surface area (Å²) in [5.74, 6) is -0.513. The number of carbonyl (C=O) groups is 2. The second-order valence-electron chi connectivity index (χ2n) is 5.06. The summed E-state index contributed by atoms with van der Waals surface area (Å²) >= 11 is 0. The minimum absolute atomic E-state index is 0.0181. The van der Waals surface area contributed by atoms with Crippen molar-refractivity contribution in [1.29, 1.82) is 0 Å². The molecule has 2 aliphatic heterocycles. The van der Waals surface area contributed by atoms with Gasteiger partial charge in [0.1, 0.15) is 19.3 Å². The molecule has 0 spiro atoms. The summed E-state index contributed by atoms with van der Waals surface area (Å²) in [7, 11) is 0. The van der Waals surface area contributed by atoms with E-state index in [0.29, 0.717) is 30.3 Å². The number of carboxylic acid groups (broad SMARTS) is 1. The van der Waals surface area contributed by atoms with Gasteiger partial charge in [0.15, 0.2) is 11.5 Å². The third kappa shape index (κ3) is 2.52. The molecule has 2 aliphatic rings. The molecule has 0 aliphatic carbocycles. The minimum Gasteiger partial charge on any atom is -0.486 e. The highest BCUT2D eigenvalue weighted by Gasteiger charge is 2.39. The minimum atomic E-state index is -1.11. The van der Waals surface area contributed by atoms with E-state index in [0.717, 1.165) is 0 Å². The summed E-state index contributed by atoms with van der Waals surface area (Å²) in [4.78, 5) is 24.8. The Morgan fingerprint density at radius 1 is 1.19 bits per heavy atom. The number of ether oxygens (including phenoxy) is 2. The first-order valence-corrected chi connectivity index (χ1v) is 6.68. The number of fused-ring (bicyclic) bond motifs is 1. The molecule has 1 aromatic rings. The van der Waals surface area contributed by atoms with Crippen molar-refractivity contribution >= 4 is 11.9 Å². The van der Waals surface area contributed by atoms with Gasteiger partial charge in [0.25, 0.3) is 5.91 Å². The van der Waals surface area contributed by atoms with Crippen molar-refractivity contribution in [3.05, 3.63) is 23.8 Å². The number of benzene rings is 1. The van der Waals surface area contributed by atoms with Crippen LogP contribution < -0.4 is 9.47 Å². The van der Waals surface area contributed by atoms with Crippen LogP contribution in [0.5, 0.6) is 11.5 Å². The number of hydrogen-bond donors (Lipinski definition) is 2. The molecule has 3 rings (SSSR count). The highest BCUT2D eigenvalue weighted by molar-refractivity contribution is 5.97. The van der Waals surface area contributed by atoms with Gasteiger partial charge in [-0.15, -0.1) is 0 Å². The van der Waals surface area contributed by atoms with Crippen LogP contribution in [-0.4, -0.2) is 58.9 Å². The van der Waals surface area contributed by atoms with Gasteiger partial charge in [0.2, 0.25) is 0 Å². The lowest BCUT2D eigenvalue weighted by Crippen LogP contribution is -2.40. The van der Waals surface area contributed by atoms with E-state index in [9.17, 15) is 14.7 Å². The summed E-state index contributed by atoms with van der Waals surface area (Å²) in [5, 5.41) is 18.7. The lowest BCUT2D eigenvalue weighted by Gasteiger charge is -2.23. The topological polar surface area (TPSA) is 96.3 Å². The molecule has 0 radical (unpaired) electrons. The maximum absolute atomic E-state index is 12.4. The van der Waals surface area contributed by atoms with Crippen LogP contribution in [0.3, 0.4) is 0 Å². The number of carboxylic acids is 1. The SMILES string of the molecule is O=C(O)[C@@H]1C[C@@H](O)CN1C(=O)c1ccc2c(c1)OCCO2. The molecule has 2 atom stereocenters. The number of rotatable bonds is 2. The van der Waals surface area contributed by atoms with E-state index < -0.39 is 24.0 Å². The van der Waals surface area contributed by atoms with Crippen LogP contribution in [0.25, 0.3) is 0 Å². The summed E-state index contributed by atoms with van der Waals surface area (Å²) in [6, 6.07) is 3.74. The number of likely N-dealkylation sites (tertiary alicyclic amines) is 1. The maximum atomic E-state index is 12.4. The molecule has 1 amide bonds. The average Bonchev–Trinajstić information content (AvgIpc) is 2.88. The zero-order valence-corrected chi connectivity index (χ0v) is 11.2. The molecular formula is C14H15NO6. The summed E-state index contributed by atoms with van der Waals surface area (Å²) < 4.78 is 10.8. The van der Waals surface area contributed by atoms with Crippen molar-refractivity contribution in [3.63, 3.8) is 0 Å². The summed E-state index contributed by atoms with van der Waals surface area (Å²) in [6.45, 7) is 0.884. The molecule has 0 bridgehead atoms. The molecule has 112 valence electrons. The number of hydrogen-bond acceptors (Lipinski definition) is 5. The highest BCUT2D eigenvalue weighted by atomic mass is 16.6. The van der Waals surface area contributed by atoms with Crippen LogP contribution in [0.15, 0.2) is 18.2 Å². The van der Waals surface area contributed by atoms with Gasteiger partial charge in [0, 0.05) is 18.5 Å². The fourth-order valence-corrected chi connectivity index (χ4v) is 2.61. The first-order valence-electron chi connectivity index (χ1n) is 6.68. The number of aliphatic carboxylic acids is 1. The van der Waals surface area contributed by atoms with E-state index in [4.69, 9.17) is 14.6 Å². The van der Waals surface area contributed by atoms with Gasteiger partial charge in [-0.1, -0.05) is 0 Å². The highest BCUT2D eigenvalue weighted by Crippen LogP contribution is 2.32. The van der Waals surface area contributed by atoms with E-state index in [1.54, 1.807) is 18.2 Å². The monoisotopic (exact) mass is 293 g/mol. The molecule has 0 saturated carbocycles. The predicted octanol–water partition coefficient (Wildman–Crippen LogP) is 0.118. The Labute approximate surface area is 120 Å². The Morgan fingerprint density at radius 3 is 2.62 bits per heavy atom. The Balaban J connectivity index is 1.86. The van der Waals surface area contributed by atoms with Gasteiger partial charge < -0.3 is 24.6 Å². The molecule has 1 fully saturated rings. The standard InChI is InChI=1S/C14H15NO6/c16-9-6-10(14(18)19)15(7-9)13(17)8-1-2-11-12(5-8)21-4-3-20-11/h1-2,5,9-10,16H,3-4,6-7H2,(H,18,19)/t9-,10+/m1/s1. The largest absolute Gasteiger partial charge is 0.486 e. The van der Waals surface area contributed by atoms with E-state index in [2.05, 4.69) is 0 Å². The van der Waals surface area contributed by atoms with Gasteiger partial charge >= 0.3 is 5.97 Å². The van der Waals surface area contributed by atoms with Gasteiger partial charge in [-0.3, -0.25) is 4.79 Å². The fraction of sp³-hybridized carbons (Fsp3) is 0.429. The first kappa shape index (κ1) is 13.7. The Hall–Kier alpha value is -2.28. The number of nitrogens with zero attached hydrogens (tertiary/aromatic N) is 1. The molecule has 7 nitrogen and oxygen atoms in total. The predicted molar refractivity (Wildman–Crippen MR) is 70.5 cm³/mol. The van der Waals surface area contributed by atoms with Crippen LogP contribution in [0.4, 0.5) is 0 Å². The molecule has 2 heterocycles. The van der Waals surface area contributed by atoms with Crippen molar-refractivity contribution < 1.29 is 29.3 Å². The average molecular weight is 293 g/mol. The van der Waals surface area contributed by atoms with Gasteiger partial charge in [0.05, 0.1) is 6.10 Å². The van der Waals surface area contributed by atoms with E-state index in [1.807, 2.05) is 0 Å². The molecule has 0 unspecified atom stereocenters. The van der Waals surface area contributed by atoms with Gasteiger partial charge in [-0.2, -0.15) is 0 Å². The second-order valence-corrected chi connectivity index (χ2v) is 5.06. The molecule has 1 saturated heterocycles. The number of aliphatic hydroxyl groups excluding tert-OH is 1. The molecular weight excluding hydrogens is 278 g/mol. The van der Waals surface area contributed by atoms with Crippen molar-refractivity contribution in [1.82, 2.24) is 4.90 Å². The summed E-state index contributed by atoms with van der Waals surface area (Å²) in [5.41, 5.74) is 0.319. The quantitative estimate of drug-likeness (QED) is 0.804. The Kier molecular flexibility index (Phi) is 3.42. The number of carbonyl (C=O) groups excluding carboxylic acids is 1. The van der Waals surface area contributed by atoms with Crippen LogP contribution in [0, 0.1) is 0 Å². The third-order valence-electron chi connectivity index (χ3n) is 3.61. The summed E-state index contributed by atoms with van der Waals surface area (Å²) in [6.07, 6.45) is -0.765. The molecule has 21 heavy (non-hydrogen) atoms. The molecule has 7 heteroatoms. The Morgan fingerprint density at radius 2 is 1.90 bits per heavy atom. The zero-order valence-electron chi connectivity index (χ0n) is 11.2. The first-order chi connectivity index (χ1) is 10.1.